The van der Waals surface area contributed by atoms with Crippen molar-refractivity contribution in [2.45, 2.75) is 46.1 Å². The molecule has 0 saturated carbocycles. The normalized spacial score (nSPS) is 11.9. The number of nitrogens with one attached hydrogen (secondary N) is 1. The third-order valence-corrected chi connectivity index (χ3v) is 3.18. The fourth-order valence-corrected chi connectivity index (χ4v) is 2.03. The van der Waals surface area contributed by atoms with E-state index < -0.39 is 5.97 Å². The Hall–Kier alpha value is -1.84. The largest absolute Gasteiger partial charge is 0.481 e. The molecule has 4 heteroatoms. The molecule has 19 heavy (non-hydrogen) atoms. The summed E-state index contributed by atoms with van der Waals surface area (Å²) < 4.78 is 0. The highest BCUT2D eigenvalue weighted by Crippen LogP contribution is 2.14. The van der Waals surface area contributed by atoms with Gasteiger partial charge < -0.3 is 10.4 Å². The summed E-state index contributed by atoms with van der Waals surface area (Å²) in [5.74, 6) is -0.897. The number of carbonyl (C=O) groups is 2. The number of amides is 1. The summed E-state index contributed by atoms with van der Waals surface area (Å²) in [6, 6.07) is 5.84. The average molecular weight is 263 g/mol. The molecule has 0 aliphatic rings. The highest BCUT2D eigenvalue weighted by atomic mass is 16.4. The van der Waals surface area contributed by atoms with Crippen molar-refractivity contribution in [3.63, 3.8) is 0 Å². The van der Waals surface area contributed by atoms with Crippen LogP contribution >= 0.6 is 0 Å². The lowest BCUT2D eigenvalue weighted by molar-refractivity contribution is -0.137. The lowest BCUT2D eigenvalue weighted by Gasteiger charge is -2.14. The number of aryl methyl sites for hydroxylation is 2. The fourth-order valence-electron chi connectivity index (χ4n) is 2.03. The fraction of sp³-hybridized carbons (Fsp3) is 0.467. The van der Waals surface area contributed by atoms with Gasteiger partial charge in [0.1, 0.15) is 0 Å². The van der Waals surface area contributed by atoms with Crippen molar-refractivity contribution in [2.24, 2.45) is 0 Å². The molecule has 104 valence electrons. The zero-order valence-corrected chi connectivity index (χ0v) is 11.7. The van der Waals surface area contributed by atoms with E-state index in [1.54, 1.807) is 0 Å². The first-order valence-electron chi connectivity index (χ1n) is 6.46. The molecule has 4 nitrogen and oxygen atoms in total. The van der Waals surface area contributed by atoms with E-state index in [2.05, 4.69) is 5.32 Å². The first-order valence-corrected chi connectivity index (χ1v) is 6.46. The molecule has 0 aliphatic heterocycles. The Balaban J connectivity index is 2.53. The molecule has 0 radical (unpaired) electrons. The van der Waals surface area contributed by atoms with Gasteiger partial charge in [-0.2, -0.15) is 0 Å². The molecular formula is C15H21NO3. The van der Waals surface area contributed by atoms with Gasteiger partial charge in [-0.05, 0) is 43.9 Å². The maximum Gasteiger partial charge on any atom is 0.303 e. The van der Waals surface area contributed by atoms with Gasteiger partial charge in [0.15, 0.2) is 0 Å². The van der Waals surface area contributed by atoms with Crippen LogP contribution in [-0.2, 0) is 16.0 Å². The Labute approximate surface area is 113 Å². The summed E-state index contributed by atoms with van der Waals surface area (Å²) in [7, 11) is 0. The predicted molar refractivity (Wildman–Crippen MR) is 74.1 cm³/mol. The topological polar surface area (TPSA) is 66.4 Å². The lowest BCUT2D eigenvalue weighted by Crippen LogP contribution is -2.34. The number of carboxylic acids is 1. The van der Waals surface area contributed by atoms with Gasteiger partial charge in [0, 0.05) is 12.5 Å². The monoisotopic (exact) mass is 263 g/mol. The van der Waals surface area contributed by atoms with E-state index in [9.17, 15) is 9.59 Å². The van der Waals surface area contributed by atoms with Crippen LogP contribution in [0.25, 0.3) is 0 Å². The molecule has 0 spiro atoms. The first-order chi connectivity index (χ1) is 8.90. The maximum atomic E-state index is 11.9. The molecule has 0 bridgehead atoms. The van der Waals surface area contributed by atoms with Gasteiger partial charge in [-0.15, -0.1) is 0 Å². The number of aliphatic carboxylic acids is 1. The molecule has 0 heterocycles. The van der Waals surface area contributed by atoms with Crippen LogP contribution < -0.4 is 5.32 Å². The van der Waals surface area contributed by atoms with Crippen molar-refractivity contribution < 1.29 is 14.7 Å². The second kappa shape index (κ2) is 6.92. The molecule has 1 atom stereocenters. The summed E-state index contributed by atoms with van der Waals surface area (Å²) in [6.07, 6.45) is 0.870. The van der Waals surface area contributed by atoms with Crippen LogP contribution in [0.1, 0.15) is 36.5 Å². The highest BCUT2D eigenvalue weighted by molar-refractivity contribution is 5.79. The number of hydrogen-bond acceptors (Lipinski definition) is 2. The smallest absolute Gasteiger partial charge is 0.303 e. The van der Waals surface area contributed by atoms with Gasteiger partial charge in [0.25, 0.3) is 0 Å². The van der Waals surface area contributed by atoms with E-state index >= 15 is 0 Å². The van der Waals surface area contributed by atoms with Gasteiger partial charge in [0.05, 0.1) is 6.42 Å². The lowest BCUT2D eigenvalue weighted by atomic mass is 9.99. The van der Waals surface area contributed by atoms with Crippen molar-refractivity contribution in [3.8, 4) is 0 Å². The minimum Gasteiger partial charge on any atom is -0.481 e. The molecule has 0 aliphatic carbocycles. The Kier molecular flexibility index (Phi) is 5.55. The highest BCUT2D eigenvalue weighted by Gasteiger charge is 2.12. The summed E-state index contributed by atoms with van der Waals surface area (Å²) in [6.45, 7) is 5.80. The molecule has 1 unspecified atom stereocenters. The third kappa shape index (κ3) is 5.12. The molecule has 2 N–H and O–H groups in total. The SMILES string of the molecule is Cc1cccc(C)c1CC(=O)NC(C)CCC(=O)O. The van der Waals surface area contributed by atoms with E-state index in [0.29, 0.717) is 12.8 Å². The van der Waals surface area contributed by atoms with Crippen LogP contribution in [0.4, 0.5) is 0 Å². The van der Waals surface area contributed by atoms with Gasteiger partial charge in [-0.25, -0.2) is 0 Å². The maximum absolute atomic E-state index is 11.9. The van der Waals surface area contributed by atoms with E-state index in [4.69, 9.17) is 5.11 Å². The molecule has 1 aromatic rings. The van der Waals surface area contributed by atoms with Crippen molar-refractivity contribution >= 4 is 11.9 Å². The summed E-state index contributed by atoms with van der Waals surface area (Å²) in [5.41, 5.74) is 3.26. The third-order valence-electron chi connectivity index (χ3n) is 3.18. The molecule has 0 fully saturated rings. The predicted octanol–water partition coefficient (Wildman–Crippen LogP) is 2.22. The van der Waals surface area contributed by atoms with E-state index in [1.807, 2.05) is 39.0 Å². The summed E-state index contributed by atoms with van der Waals surface area (Å²) in [5, 5.41) is 11.4. The minimum atomic E-state index is -0.837. The zero-order valence-electron chi connectivity index (χ0n) is 11.7. The van der Waals surface area contributed by atoms with Crippen LogP contribution in [0, 0.1) is 13.8 Å². The van der Waals surface area contributed by atoms with Crippen LogP contribution in [0.5, 0.6) is 0 Å². The Bertz CT molecular complexity index is 448. The quantitative estimate of drug-likeness (QED) is 0.827. The summed E-state index contributed by atoms with van der Waals surface area (Å²) >= 11 is 0. The number of benzene rings is 1. The van der Waals surface area contributed by atoms with Crippen LogP contribution in [0.2, 0.25) is 0 Å². The number of hydrogen-bond donors (Lipinski definition) is 2. The van der Waals surface area contributed by atoms with Gasteiger partial charge in [0.2, 0.25) is 5.91 Å². The van der Waals surface area contributed by atoms with Crippen LogP contribution in [0.15, 0.2) is 18.2 Å². The molecule has 1 amide bonds. The average Bonchev–Trinajstić information content (AvgIpc) is 2.31. The number of carbonyl (C=O) groups excluding carboxylic acids is 1. The Morgan fingerprint density at radius 2 is 1.84 bits per heavy atom. The first kappa shape index (κ1) is 15.2. The second-order valence-corrected chi connectivity index (χ2v) is 4.95. The van der Waals surface area contributed by atoms with Crippen molar-refractivity contribution in [1.82, 2.24) is 5.32 Å². The second-order valence-electron chi connectivity index (χ2n) is 4.95. The van der Waals surface area contributed by atoms with Crippen molar-refractivity contribution in [3.05, 3.63) is 34.9 Å². The molecule has 0 aromatic heterocycles. The molecule has 1 rings (SSSR count). The van der Waals surface area contributed by atoms with Gasteiger partial charge in [-0.1, -0.05) is 18.2 Å². The number of carboxylic acid groups (broad SMARTS) is 1. The van der Waals surface area contributed by atoms with E-state index in [1.165, 1.54) is 0 Å². The van der Waals surface area contributed by atoms with E-state index in [0.717, 1.165) is 16.7 Å². The Morgan fingerprint density at radius 1 is 1.26 bits per heavy atom. The summed E-state index contributed by atoms with van der Waals surface area (Å²) in [4.78, 5) is 22.4. The number of rotatable bonds is 6. The Morgan fingerprint density at radius 3 is 2.37 bits per heavy atom. The molecule has 0 saturated heterocycles. The van der Waals surface area contributed by atoms with Crippen molar-refractivity contribution in [1.29, 1.82) is 0 Å². The van der Waals surface area contributed by atoms with Gasteiger partial charge in [-0.3, -0.25) is 9.59 Å². The van der Waals surface area contributed by atoms with Crippen LogP contribution in [-0.4, -0.2) is 23.0 Å². The molecular weight excluding hydrogens is 242 g/mol. The molecule has 1 aromatic carbocycles. The van der Waals surface area contributed by atoms with Gasteiger partial charge >= 0.3 is 5.97 Å². The zero-order chi connectivity index (χ0) is 14.4. The minimum absolute atomic E-state index is 0.0599. The van der Waals surface area contributed by atoms with E-state index in [-0.39, 0.29) is 18.4 Å². The van der Waals surface area contributed by atoms with Crippen LogP contribution in [0.3, 0.4) is 0 Å². The van der Waals surface area contributed by atoms with Crippen molar-refractivity contribution in [2.75, 3.05) is 0 Å². The standard InChI is InChI=1S/C15H21NO3/c1-10-5-4-6-11(2)13(10)9-14(17)16-12(3)7-8-15(18)19/h4-6,12H,7-9H2,1-3H3,(H,16,17)(H,18,19).